The highest BCUT2D eigenvalue weighted by Crippen LogP contribution is 2.30. The second kappa shape index (κ2) is 7.33. The summed E-state index contributed by atoms with van der Waals surface area (Å²) in [5.74, 6) is 1.07. The van der Waals surface area contributed by atoms with E-state index in [2.05, 4.69) is 34.1 Å². The van der Waals surface area contributed by atoms with E-state index in [-0.39, 0.29) is 6.04 Å². The van der Waals surface area contributed by atoms with Crippen LogP contribution in [0, 0.1) is 0 Å². The van der Waals surface area contributed by atoms with Crippen molar-refractivity contribution in [2.24, 2.45) is 5.73 Å². The fraction of sp³-hybridized carbons (Fsp3) is 0.500. The Morgan fingerprint density at radius 2 is 2.25 bits per heavy atom. The molecule has 0 unspecified atom stereocenters. The lowest BCUT2D eigenvalue weighted by Crippen LogP contribution is -2.04. The summed E-state index contributed by atoms with van der Waals surface area (Å²) in [6.07, 6.45) is 1.07. The Labute approximate surface area is 110 Å². The normalized spacial score (nSPS) is 12.8. The van der Waals surface area contributed by atoms with E-state index in [1.54, 1.807) is 7.11 Å². The van der Waals surface area contributed by atoms with Gasteiger partial charge >= 0.3 is 0 Å². The number of hydrogen-bond acceptors (Lipinski definition) is 3. The topological polar surface area (TPSA) is 35.2 Å². The van der Waals surface area contributed by atoms with Crippen molar-refractivity contribution in [1.29, 1.82) is 0 Å². The molecular formula is C12H18BrNOS. The number of nitrogens with two attached hydrogens (primary N) is 1. The molecule has 1 aromatic rings. The van der Waals surface area contributed by atoms with E-state index in [1.807, 2.05) is 18.7 Å². The lowest BCUT2D eigenvalue weighted by atomic mass is 10.1. The molecule has 0 aliphatic carbocycles. The number of benzene rings is 1. The highest BCUT2D eigenvalue weighted by molar-refractivity contribution is 9.10. The quantitative estimate of drug-likeness (QED) is 0.644. The Kier molecular flexibility index (Phi) is 6.43. The second-order valence-electron chi connectivity index (χ2n) is 3.67. The van der Waals surface area contributed by atoms with Gasteiger partial charge in [0, 0.05) is 34.9 Å². The van der Waals surface area contributed by atoms with Gasteiger partial charge in [-0.15, -0.1) is 11.8 Å². The zero-order chi connectivity index (χ0) is 12.0. The van der Waals surface area contributed by atoms with Crippen molar-refractivity contribution >= 4 is 27.7 Å². The third kappa shape index (κ3) is 4.45. The van der Waals surface area contributed by atoms with Crippen LogP contribution < -0.4 is 5.73 Å². The van der Waals surface area contributed by atoms with Crippen LogP contribution in [0.5, 0.6) is 0 Å². The van der Waals surface area contributed by atoms with Crippen LogP contribution in [0.3, 0.4) is 0 Å². The number of rotatable bonds is 6. The van der Waals surface area contributed by atoms with E-state index >= 15 is 0 Å². The van der Waals surface area contributed by atoms with Crippen LogP contribution in [0.4, 0.5) is 0 Å². The van der Waals surface area contributed by atoms with E-state index in [9.17, 15) is 0 Å². The molecule has 0 aliphatic rings. The molecule has 0 bridgehead atoms. The predicted octanol–water partition coefficient (Wildman–Crippen LogP) is 3.60. The van der Waals surface area contributed by atoms with Gasteiger partial charge in [-0.3, -0.25) is 0 Å². The summed E-state index contributed by atoms with van der Waals surface area (Å²) in [6, 6.07) is 6.40. The summed E-state index contributed by atoms with van der Waals surface area (Å²) in [5.41, 5.74) is 6.99. The summed E-state index contributed by atoms with van der Waals surface area (Å²) in [7, 11) is 1.73. The van der Waals surface area contributed by atoms with Gasteiger partial charge in [0.2, 0.25) is 0 Å². The predicted molar refractivity (Wildman–Crippen MR) is 74.0 cm³/mol. The number of hydrogen-bond donors (Lipinski definition) is 1. The molecule has 0 saturated heterocycles. The molecule has 0 fully saturated rings. The average Bonchev–Trinajstić information content (AvgIpc) is 2.26. The van der Waals surface area contributed by atoms with Gasteiger partial charge < -0.3 is 10.5 Å². The Bertz CT molecular complexity index is 331. The van der Waals surface area contributed by atoms with E-state index < -0.39 is 0 Å². The minimum atomic E-state index is 0.0869. The van der Waals surface area contributed by atoms with Crippen LogP contribution in [0.1, 0.15) is 24.9 Å². The fourth-order valence-corrected chi connectivity index (χ4v) is 2.89. The standard InChI is InChI=1S/C12H18BrNOS/c1-9(14)10-4-5-12(11(13)8-10)16-7-3-6-15-2/h4-5,8-9H,3,6-7,14H2,1-2H3/t9-/m0/s1. The zero-order valence-corrected chi connectivity index (χ0v) is 12.1. The fourth-order valence-electron chi connectivity index (χ4n) is 1.30. The average molecular weight is 304 g/mol. The van der Waals surface area contributed by atoms with Crippen molar-refractivity contribution in [2.45, 2.75) is 24.3 Å². The third-order valence-corrected chi connectivity index (χ3v) is 4.31. The molecule has 2 N–H and O–H groups in total. The van der Waals surface area contributed by atoms with Crippen LogP contribution in [-0.4, -0.2) is 19.5 Å². The number of ether oxygens (including phenoxy) is 1. The van der Waals surface area contributed by atoms with Crippen molar-refractivity contribution in [2.75, 3.05) is 19.5 Å². The molecule has 1 rings (SSSR count). The number of methoxy groups -OCH3 is 1. The summed E-state index contributed by atoms with van der Waals surface area (Å²) < 4.78 is 6.15. The van der Waals surface area contributed by atoms with Gasteiger partial charge in [-0.25, -0.2) is 0 Å². The smallest absolute Gasteiger partial charge is 0.0470 e. The van der Waals surface area contributed by atoms with E-state index in [0.717, 1.165) is 28.8 Å². The van der Waals surface area contributed by atoms with Gasteiger partial charge in [0.15, 0.2) is 0 Å². The van der Waals surface area contributed by atoms with Crippen LogP contribution in [0.15, 0.2) is 27.6 Å². The van der Waals surface area contributed by atoms with Crippen molar-refractivity contribution in [3.8, 4) is 0 Å². The maximum Gasteiger partial charge on any atom is 0.0470 e. The molecule has 4 heteroatoms. The number of thioether (sulfide) groups is 1. The Hall–Kier alpha value is -0.0300. The second-order valence-corrected chi connectivity index (χ2v) is 5.66. The van der Waals surface area contributed by atoms with Gasteiger partial charge in [-0.2, -0.15) is 0 Å². The zero-order valence-electron chi connectivity index (χ0n) is 9.70. The lowest BCUT2D eigenvalue weighted by molar-refractivity contribution is 0.200. The largest absolute Gasteiger partial charge is 0.385 e. The van der Waals surface area contributed by atoms with Crippen molar-refractivity contribution in [1.82, 2.24) is 0 Å². The Morgan fingerprint density at radius 3 is 2.81 bits per heavy atom. The van der Waals surface area contributed by atoms with Gasteiger partial charge in [0.25, 0.3) is 0 Å². The maximum absolute atomic E-state index is 5.83. The SMILES string of the molecule is COCCCSc1ccc([C@H](C)N)cc1Br. The van der Waals surface area contributed by atoms with Crippen molar-refractivity contribution in [3.05, 3.63) is 28.2 Å². The van der Waals surface area contributed by atoms with Gasteiger partial charge in [0.05, 0.1) is 0 Å². The molecular weight excluding hydrogens is 286 g/mol. The monoisotopic (exact) mass is 303 g/mol. The van der Waals surface area contributed by atoms with Crippen molar-refractivity contribution in [3.63, 3.8) is 0 Å². The molecule has 0 aliphatic heterocycles. The molecule has 16 heavy (non-hydrogen) atoms. The minimum Gasteiger partial charge on any atom is -0.385 e. The first kappa shape index (κ1) is 14.0. The van der Waals surface area contributed by atoms with Crippen LogP contribution in [-0.2, 0) is 4.74 Å². The van der Waals surface area contributed by atoms with E-state index in [4.69, 9.17) is 10.5 Å². The summed E-state index contributed by atoms with van der Waals surface area (Å²) in [4.78, 5) is 1.26. The first-order chi connectivity index (χ1) is 7.65. The minimum absolute atomic E-state index is 0.0869. The number of halogens is 1. The van der Waals surface area contributed by atoms with E-state index in [1.165, 1.54) is 4.90 Å². The molecule has 0 spiro atoms. The van der Waals surface area contributed by atoms with Gasteiger partial charge in [-0.1, -0.05) is 6.07 Å². The molecule has 0 radical (unpaired) electrons. The Balaban J connectivity index is 2.54. The molecule has 0 aromatic heterocycles. The highest BCUT2D eigenvalue weighted by atomic mass is 79.9. The van der Waals surface area contributed by atoms with Crippen molar-refractivity contribution < 1.29 is 4.74 Å². The summed E-state index contributed by atoms with van der Waals surface area (Å²) >= 11 is 5.42. The molecule has 90 valence electrons. The molecule has 0 heterocycles. The maximum atomic E-state index is 5.83. The first-order valence-electron chi connectivity index (χ1n) is 5.32. The van der Waals surface area contributed by atoms with Crippen LogP contribution in [0.25, 0.3) is 0 Å². The molecule has 0 saturated carbocycles. The molecule has 0 amide bonds. The summed E-state index contributed by atoms with van der Waals surface area (Å²) in [5, 5.41) is 0. The van der Waals surface area contributed by atoms with Gasteiger partial charge in [0.1, 0.15) is 0 Å². The van der Waals surface area contributed by atoms with Crippen LogP contribution in [0.2, 0.25) is 0 Å². The Morgan fingerprint density at radius 1 is 1.50 bits per heavy atom. The van der Waals surface area contributed by atoms with Crippen LogP contribution >= 0.6 is 27.7 Å². The third-order valence-electron chi connectivity index (χ3n) is 2.23. The van der Waals surface area contributed by atoms with E-state index in [0.29, 0.717) is 0 Å². The molecule has 1 atom stereocenters. The molecule has 2 nitrogen and oxygen atoms in total. The highest BCUT2D eigenvalue weighted by Gasteiger charge is 2.04. The lowest BCUT2D eigenvalue weighted by Gasteiger charge is -2.09. The first-order valence-corrected chi connectivity index (χ1v) is 7.09. The van der Waals surface area contributed by atoms with Gasteiger partial charge in [-0.05, 0) is 47.0 Å². The summed E-state index contributed by atoms with van der Waals surface area (Å²) in [6.45, 7) is 2.82. The molecule has 1 aromatic carbocycles.